The Labute approximate surface area is 367 Å². The summed E-state index contributed by atoms with van der Waals surface area (Å²) in [5.41, 5.74) is -3.71. The standard InChI is InChI=1S/C46H28O21/c47-16-5-11-13(7-18(16)49)24(14-8-19(50)17(48)6-12(14)23(11)9-1-15-25(20(51)2-9)34(56)41(63)40(62)32(15)54)10-3-21(52)26(22(53)4-10)27-33(55)28-29(37(59)35(27)57)45-30(38(60)36(28)58)31-39(61)42(64)43(65)44(66)46(31)67-45/h1-8,47-66H. The third-order valence-corrected chi connectivity index (χ3v) is 11.9. The summed E-state index contributed by atoms with van der Waals surface area (Å²) in [7, 11) is 0. The van der Waals surface area contributed by atoms with Gasteiger partial charge in [0.2, 0.25) is 28.7 Å². The van der Waals surface area contributed by atoms with Crippen molar-refractivity contribution < 1.29 is 107 Å². The summed E-state index contributed by atoms with van der Waals surface area (Å²) in [6.07, 6.45) is 0. The molecule has 0 amide bonds. The normalized spacial score (nSPS) is 11.9. The Morgan fingerprint density at radius 2 is 0.567 bits per heavy atom. The number of fused-ring (bicyclic) bond motifs is 8. The van der Waals surface area contributed by atoms with Gasteiger partial charge in [0.15, 0.2) is 74.4 Å². The molecule has 0 aliphatic carbocycles. The zero-order chi connectivity index (χ0) is 48.3. The molecule has 9 aromatic carbocycles. The van der Waals surface area contributed by atoms with Crippen molar-refractivity contribution in [2.24, 2.45) is 0 Å². The Morgan fingerprint density at radius 1 is 0.209 bits per heavy atom. The second-order valence-electron chi connectivity index (χ2n) is 15.5. The predicted octanol–water partition coefficient (Wildman–Crippen LogP) is 7.31. The van der Waals surface area contributed by atoms with Gasteiger partial charge in [0.1, 0.15) is 23.0 Å². The number of aromatic hydroxyl groups is 20. The zero-order valence-corrected chi connectivity index (χ0v) is 33.0. The van der Waals surface area contributed by atoms with Gasteiger partial charge in [-0.15, -0.1) is 0 Å². The minimum absolute atomic E-state index is 0.0183. The molecule has 0 saturated heterocycles. The maximum absolute atomic E-state index is 11.7. The van der Waals surface area contributed by atoms with Crippen LogP contribution in [0, 0.1) is 0 Å². The lowest BCUT2D eigenvalue weighted by atomic mass is 9.84. The first-order chi connectivity index (χ1) is 31.6. The Hall–Kier alpha value is -10.2. The van der Waals surface area contributed by atoms with Gasteiger partial charge in [-0.25, -0.2) is 0 Å². The first kappa shape index (κ1) is 40.9. The lowest BCUT2D eigenvalue weighted by molar-refractivity contribution is 0.348. The van der Waals surface area contributed by atoms with Gasteiger partial charge < -0.3 is 107 Å². The van der Waals surface area contributed by atoms with Crippen molar-refractivity contribution in [3.8, 4) is 148 Å². The fourth-order valence-corrected chi connectivity index (χ4v) is 8.89. The molecule has 0 saturated carbocycles. The van der Waals surface area contributed by atoms with E-state index in [1.54, 1.807) is 0 Å². The first-order valence-electron chi connectivity index (χ1n) is 19.0. The van der Waals surface area contributed by atoms with E-state index >= 15 is 0 Å². The SMILES string of the molecule is Oc1cc2c(-c3cc(O)c(-c4c(O)c(O)c5c(c4O)c(O)c(O)c4c5oc5c(O)c(O)c(O)c(O)c54)c(O)c3)c3cc(O)c(O)cc3c(-c3cc(O)c4c(O)c(O)c(O)c(O)c4c3)c2cc1O. The van der Waals surface area contributed by atoms with Gasteiger partial charge in [-0.1, -0.05) is 0 Å². The summed E-state index contributed by atoms with van der Waals surface area (Å²) in [5.74, 6) is -21.1. The summed E-state index contributed by atoms with van der Waals surface area (Å²) < 4.78 is 5.53. The number of furan rings is 1. The van der Waals surface area contributed by atoms with Crippen LogP contribution in [0.1, 0.15) is 0 Å². The molecule has 0 bridgehead atoms. The fraction of sp³-hybridized carbons (Fsp3) is 0. The van der Waals surface area contributed by atoms with Gasteiger partial charge in [0.25, 0.3) is 0 Å². The van der Waals surface area contributed by atoms with Crippen LogP contribution < -0.4 is 0 Å². The third kappa shape index (κ3) is 5.11. The molecule has 10 rings (SSSR count). The molecule has 0 unspecified atom stereocenters. The Kier molecular flexibility index (Phi) is 8.04. The molecule has 1 heterocycles. The van der Waals surface area contributed by atoms with E-state index in [0.717, 1.165) is 48.5 Å². The van der Waals surface area contributed by atoms with E-state index in [1.807, 2.05) is 0 Å². The van der Waals surface area contributed by atoms with Crippen molar-refractivity contribution in [2.75, 3.05) is 0 Å². The molecular weight excluding hydrogens is 888 g/mol. The largest absolute Gasteiger partial charge is 0.507 e. The molecule has 10 aromatic rings. The van der Waals surface area contributed by atoms with E-state index in [2.05, 4.69) is 0 Å². The van der Waals surface area contributed by atoms with Crippen LogP contribution in [0.15, 0.2) is 52.9 Å². The van der Waals surface area contributed by atoms with Crippen LogP contribution in [-0.4, -0.2) is 102 Å². The molecule has 0 radical (unpaired) electrons. The maximum atomic E-state index is 11.7. The summed E-state index contributed by atoms with van der Waals surface area (Å²) in [4.78, 5) is 0. The highest BCUT2D eigenvalue weighted by molar-refractivity contribution is 6.27. The monoisotopic (exact) mass is 916 g/mol. The predicted molar refractivity (Wildman–Crippen MR) is 233 cm³/mol. The summed E-state index contributed by atoms with van der Waals surface area (Å²) in [6, 6.07) is 8.18. The Bertz CT molecular complexity index is 3890. The van der Waals surface area contributed by atoms with E-state index in [4.69, 9.17) is 4.42 Å². The van der Waals surface area contributed by atoms with Crippen LogP contribution in [-0.2, 0) is 0 Å². The molecule has 20 N–H and O–H groups in total. The molecular formula is C46H28O21. The molecule has 0 fully saturated rings. The highest BCUT2D eigenvalue weighted by Crippen LogP contribution is 2.63. The summed E-state index contributed by atoms with van der Waals surface area (Å²) in [5, 5.41) is 214. The fourth-order valence-electron chi connectivity index (χ4n) is 8.89. The van der Waals surface area contributed by atoms with E-state index < -0.39 is 170 Å². The molecule has 338 valence electrons. The quantitative estimate of drug-likeness (QED) is 0.0469. The highest BCUT2D eigenvalue weighted by atomic mass is 16.4. The molecule has 0 spiro atoms. The number of phenols is 20. The van der Waals surface area contributed by atoms with Gasteiger partial charge in [0, 0.05) is 5.39 Å². The average molecular weight is 917 g/mol. The Balaban J connectivity index is 1.26. The van der Waals surface area contributed by atoms with Gasteiger partial charge >= 0.3 is 0 Å². The van der Waals surface area contributed by atoms with Gasteiger partial charge in [0.05, 0.1) is 38.1 Å². The summed E-state index contributed by atoms with van der Waals surface area (Å²) in [6.45, 7) is 0. The lowest BCUT2D eigenvalue weighted by Gasteiger charge is -2.21. The van der Waals surface area contributed by atoms with Crippen LogP contribution in [0.5, 0.6) is 115 Å². The molecule has 67 heavy (non-hydrogen) atoms. The molecule has 21 nitrogen and oxygen atoms in total. The van der Waals surface area contributed by atoms with E-state index in [-0.39, 0.29) is 43.8 Å². The average Bonchev–Trinajstić information content (AvgIpc) is 3.68. The molecule has 0 atom stereocenters. The van der Waals surface area contributed by atoms with Crippen LogP contribution >= 0.6 is 0 Å². The number of benzene rings is 9. The molecule has 21 heteroatoms. The van der Waals surface area contributed by atoms with Gasteiger partial charge in [-0.3, -0.25) is 0 Å². The smallest absolute Gasteiger partial charge is 0.208 e. The van der Waals surface area contributed by atoms with Crippen molar-refractivity contribution >= 4 is 65.0 Å². The van der Waals surface area contributed by atoms with E-state index in [9.17, 15) is 102 Å². The van der Waals surface area contributed by atoms with Gasteiger partial charge in [-0.05, 0) is 92.3 Å². The van der Waals surface area contributed by atoms with Crippen LogP contribution in [0.25, 0.3) is 98.4 Å². The van der Waals surface area contributed by atoms with Crippen molar-refractivity contribution in [2.45, 2.75) is 0 Å². The van der Waals surface area contributed by atoms with Crippen LogP contribution in [0.4, 0.5) is 0 Å². The molecule has 0 aliphatic heterocycles. The van der Waals surface area contributed by atoms with E-state index in [1.165, 1.54) is 0 Å². The van der Waals surface area contributed by atoms with Crippen molar-refractivity contribution in [1.29, 1.82) is 0 Å². The highest BCUT2D eigenvalue weighted by Gasteiger charge is 2.35. The second kappa shape index (κ2) is 13.2. The molecule has 1 aromatic heterocycles. The second-order valence-corrected chi connectivity index (χ2v) is 15.5. The molecule has 0 aliphatic rings. The first-order valence-corrected chi connectivity index (χ1v) is 19.0. The minimum Gasteiger partial charge on any atom is -0.507 e. The topological polar surface area (TPSA) is 418 Å². The van der Waals surface area contributed by atoms with Crippen LogP contribution in [0.3, 0.4) is 0 Å². The minimum atomic E-state index is -1.31. The maximum Gasteiger partial charge on any atom is 0.208 e. The number of hydrogen-bond donors (Lipinski definition) is 20. The van der Waals surface area contributed by atoms with Crippen molar-refractivity contribution in [3.63, 3.8) is 0 Å². The van der Waals surface area contributed by atoms with Gasteiger partial charge in [-0.2, -0.15) is 0 Å². The van der Waals surface area contributed by atoms with Crippen LogP contribution in [0.2, 0.25) is 0 Å². The third-order valence-electron chi connectivity index (χ3n) is 11.9. The van der Waals surface area contributed by atoms with Crippen molar-refractivity contribution in [1.82, 2.24) is 0 Å². The van der Waals surface area contributed by atoms with E-state index in [0.29, 0.717) is 0 Å². The Morgan fingerprint density at radius 3 is 1.07 bits per heavy atom. The number of hydrogen-bond acceptors (Lipinski definition) is 21. The zero-order valence-electron chi connectivity index (χ0n) is 33.0. The van der Waals surface area contributed by atoms with Crippen molar-refractivity contribution in [3.05, 3.63) is 48.5 Å². The summed E-state index contributed by atoms with van der Waals surface area (Å²) >= 11 is 0. The number of phenolic OH excluding ortho intramolecular Hbond substituents is 20. The number of rotatable bonds is 3. The lowest BCUT2D eigenvalue weighted by Crippen LogP contribution is -1.93.